The second-order valence-corrected chi connectivity index (χ2v) is 7.79. The number of hydrogen-bond donors (Lipinski definition) is 5. The number of aromatic hydroxyl groups is 1. The van der Waals surface area contributed by atoms with Gasteiger partial charge in [-0.1, -0.05) is 42.5 Å². The molecule has 0 heterocycles. The van der Waals surface area contributed by atoms with Crippen molar-refractivity contribution in [3.8, 4) is 5.75 Å². The fraction of sp³-hybridized carbons (Fsp3) is 0.360. The zero-order valence-corrected chi connectivity index (χ0v) is 18.6. The summed E-state index contributed by atoms with van der Waals surface area (Å²) in [6.07, 6.45) is 0.130. The van der Waals surface area contributed by atoms with E-state index in [1.807, 2.05) is 18.2 Å². The molecule has 4 atom stereocenters. The van der Waals surface area contributed by atoms with E-state index in [-0.39, 0.29) is 11.9 Å². The summed E-state index contributed by atoms with van der Waals surface area (Å²) in [5, 5.41) is 43.6. The van der Waals surface area contributed by atoms with Crippen LogP contribution >= 0.6 is 0 Å². The van der Waals surface area contributed by atoms with E-state index in [4.69, 9.17) is 24.5 Å². The molecule has 1 saturated carbocycles. The number of aliphatic hydroxyl groups is 2. The quantitative estimate of drug-likeness (QED) is 0.221. The topological polar surface area (TPSA) is 154 Å². The number of aryl methyl sites for hydroxylation is 1. The van der Waals surface area contributed by atoms with Crippen LogP contribution in [-0.2, 0) is 20.7 Å². The SMILES string of the molecule is O=C(/C=C/c1ccc(O)cc1)O[C@@H]1C[C@@H](OCCCc2ccccc2)C[C@H](O)[C@H]1O.O=C(O)O. The van der Waals surface area contributed by atoms with Crippen LogP contribution in [-0.4, -0.2) is 68.7 Å². The molecule has 0 saturated heterocycles. The van der Waals surface area contributed by atoms with E-state index in [2.05, 4.69) is 12.1 Å². The Morgan fingerprint density at radius 2 is 1.62 bits per heavy atom. The second-order valence-electron chi connectivity index (χ2n) is 7.79. The van der Waals surface area contributed by atoms with Gasteiger partial charge in [0, 0.05) is 25.5 Å². The number of phenols is 1. The van der Waals surface area contributed by atoms with Crippen molar-refractivity contribution in [3.05, 3.63) is 71.8 Å². The van der Waals surface area contributed by atoms with Crippen molar-refractivity contribution in [1.82, 2.24) is 0 Å². The molecule has 9 nitrogen and oxygen atoms in total. The Bertz CT molecular complexity index is 908. The molecule has 1 fully saturated rings. The van der Waals surface area contributed by atoms with Gasteiger partial charge in [0.15, 0.2) is 0 Å². The first-order valence-electron chi connectivity index (χ1n) is 10.9. The zero-order valence-electron chi connectivity index (χ0n) is 18.6. The number of benzene rings is 2. The maximum Gasteiger partial charge on any atom is 0.503 e. The number of ether oxygens (including phenoxy) is 2. The van der Waals surface area contributed by atoms with E-state index in [1.165, 1.54) is 23.8 Å². The maximum atomic E-state index is 12.1. The van der Waals surface area contributed by atoms with Crippen LogP contribution in [0.4, 0.5) is 4.79 Å². The number of phenolic OH excluding ortho intramolecular Hbond substituents is 1. The molecule has 0 spiro atoms. The predicted molar refractivity (Wildman–Crippen MR) is 123 cm³/mol. The number of carbonyl (C=O) groups is 2. The smallest absolute Gasteiger partial charge is 0.503 e. The van der Waals surface area contributed by atoms with Crippen LogP contribution in [0.1, 0.15) is 30.4 Å². The van der Waals surface area contributed by atoms with Gasteiger partial charge in [-0.3, -0.25) is 0 Å². The van der Waals surface area contributed by atoms with Crippen molar-refractivity contribution in [2.45, 2.75) is 50.1 Å². The van der Waals surface area contributed by atoms with Crippen LogP contribution < -0.4 is 0 Å². The van der Waals surface area contributed by atoms with Gasteiger partial charge >= 0.3 is 12.1 Å². The average Bonchev–Trinajstić information content (AvgIpc) is 2.80. The molecule has 3 rings (SSSR count). The standard InChI is InChI=1S/C24H28O6.CH2O3/c25-19-11-8-18(9-12-19)10-13-23(27)30-22-16-20(15-21(26)24(22)28)29-14-4-7-17-5-2-1-3-6-17;2-1(3)4/h1-3,5-6,8-13,20-22,24-26,28H,4,7,14-16H2;(H2,2,3,4)/b13-10+;/t20-,21-,22+,24+;/m0./s1. The summed E-state index contributed by atoms with van der Waals surface area (Å²) < 4.78 is 11.2. The normalized spacial score (nSPS) is 21.9. The molecule has 1 aliphatic rings. The molecule has 184 valence electrons. The third-order valence-corrected chi connectivity index (χ3v) is 5.15. The lowest BCUT2D eigenvalue weighted by Crippen LogP contribution is -2.48. The van der Waals surface area contributed by atoms with Gasteiger partial charge in [0.25, 0.3) is 0 Å². The highest BCUT2D eigenvalue weighted by molar-refractivity contribution is 5.87. The van der Waals surface area contributed by atoms with Crippen molar-refractivity contribution in [1.29, 1.82) is 0 Å². The van der Waals surface area contributed by atoms with E-state index in [0.717, 1.165) is 18.4 Å². The van der Waals surface area contributed by atoms with Crippen molar-refractivity contribution in [3.63, 3.8) is 0 Å². The summed E-state index contributed by atoms with van der Waals surface area (Å²) in [5.74, 6) is -0.465. The first-order chi connectivity index (χ1) is 16.2. The maximum absolute atomic E-state index is 12.1. The Kier molecular flexibility index (Phi) is 11.0. The summed E-state index contributed by atoms with van der Waals surface area (Å²) in [7, 11) is 0. The molecule has 0 aromatic heterocycles. The summed E-state index contributed by atoms with van der Waals surface area (Å²) in [6, 6.07) is 16.5. The predicted octanol–water partition coefficient (Wildman–Crippen LogP) is 3.07. The molecule has 34 heavy (non-hydrogen) atoms. The van der Waals surface area contributed by atoms with Crippen molar-refractivity contribution in [2.75, 3.05) is 6.61 Å². The number of rotatable bonds is 8. The third kappa shape index (κ3) is 10.0. The third-order valence-electron chi connectivity index (χ3n) is 5.15. The second kappa shape index (κ2) is 14.0. The molecule has 0 unspecified atom stereocenters. The van der Waals surface area contributed by atoms with E-state index in [0.29, 0.717) is 19.4 Å². The highest BCUT2D eigenvalue weighted by atomic mass is 16.6. The van der Waals surface area contributed by atoms with Gasteiger partial charge in [0.1, 0.15) is 18.0 Å². The van der Waals surface area contributed by atoms with Gasteiger partial charge in [-0.15, -0.1) is 0 Å². The number of esters is 1. The van der Waals surface area contributed by atoms with Gasteiger partial charge in [0.05, 0.1) is 12.2 Å². The monoisotopic (exact) mass is 474 g/mol. The largest absolute Gasteiger partial charge is 0.508 e. The summed E-state index contributed by atoms with van der Waals surface area (Å²) in [4.78, 5) is 20.7. The van der Waals surface area contributed by atoms with Crippen molar-refractivity contribution >= 4 is 18.2 Å². The molecule has 0 radical (unpaired) electrons. The summed E-state index contributed by atoms with van der Waals surface area (Å²) in [6.45, 7) is 0.532. The lowest BCUT2D eigenvalue weighted by molar-refractivity contribution is -0.170. The van der Waals surface area contributed by atoms with Gasteiger partial charge in [-0.25, -0.2) is 9.59 Å². The molecular formula is C25H30O9. The highest BCUT2D eigenvalue weighted by Gasteiger charge is 2.38. The Labute approximate surface area is 197 Å². The number of carboxylic acid groups (broad SMARTS) is 2. The van der Waals surface area contributed by atoms with Gasteiger partial charge in [-0.2, -0.15) is 0 Å². The van der Waals surface area contributed by atoms with Crippen LogP contribution in [0, 0.1) is 0 Å². The van der Waals surface area contributed by atoms with Crippen LogP contribution in [0.25, 0.3) is 6.08 Å². The minimum Gasteiger partial charge on any atom is -0.508 e. The first kappa shape index (κ1) is 26.8. The summed E-state index contributed by atoms with van der Waals surface area (Å²) in [5.41, 5.74) is 1.97. The number of carbonyl (C=O) groups excluding carboxylic acids is 1. The minimum absolute atomic E-state index is 0.142. The molecule has 5 N–H and O–H groups in total. The molecular weight excluding hydrogens is 444 g/mol. The van der Waals surface area contributed by atoms with Crippen LogP contribution in [0.5, 0.6) is 5.75 Å². The van der Waals surface area contributed by atoms with Crippen LogP contribution in [0.2, 0.25) is 0 Å². The average molecular weight is 475 g/mol. The Hall–Kier alpha value is -3.40. The van der Waals surface area contributed by atoms with E-state index >= 15 is 0 Å². The highest BCUT2D eigenvalue weighted by Crippen LogP contribution is 2.25. The van der Waals surface area contributed by atoms with E-state index in [1.54, 1.807) is 18.2 Å². The number of hydrogen-bond acceptors (Lipinski definition) is 7. The van der Waals surface area contributed by atoms with Gasteiger partial charge in [0.2, 0.25) is 0 Å². The van der Waals surface area contributed by atoms with Crippen LogP contribution in [0.15, 0.2) is 60.7 Å². The van der Waals surface area contributed by atoms with Gasteiger partial charge < -0.3 is 35.0 Å². The molecule has 2 aromatic carbocycles. The van der Waals surface area contributed by atoms with E-state index < -0.39 is 30.4 Å². The first-order valence-corrected chi connectivity index (χ1v) is 10.9. The minimum atomic E-state index is -1.83. The van der Waals surface area contributed by atoms with Gasteiger partial charge in [-0.05, 0) is 42.2 Å². The molecule has 9 heteroatoms. The van der Waals surface area contributed by atoms with Crippen LogP contribution in [0.3, 0.4) is 0 Å². The Morgan fingerprint density at radius 1 is 0.971 bits per heavy atom. The van der Waals surface area contributed by atoms with E-state index in [9.17, 15) is 20.1 Å². The lowest BCUT2D eigenvalue weighted by atomic mass is 9.89. The fourth-order valence-electron chi connectivity index (χ4n) is 3.51. The lowest BCUT2D eigenvalue weighted by Gasteiger charge is -2.36. The summed E-state index contributed by atoms with van der Waals surface area (Å²) >= 11 is 0. The molecule has 0 aliphatic heterocycles. The fourth-order valence-corrected chi connectivity index (χ4v) is 3.51. The Balaban J connectivity index is 0.000000945. The van der Waals surface area contributed by atoms with Crippen molar-refractivity contribution < 1.29 is 44.6 Å². The molecule has 0 amide bonds. The van der Waals surface area contributed by atoms with Crippen molar-refractivity contribution in [2.24, 2.45) is 0 Å². The molecule has 0 bridgehead atoms. The molecule has 1 aliphatic carbocycles. The molecule has 2 aromatic rings. The zero-order chi connectivity index (χ0) is 24.9. The number of aliphatic hydroxyl groups excluding tert-OH is 2. The Morgan fingerprint density at radius 3 is 2.26 bits per heavy atom.